The molecule has 2 aromatic rings. The molecular formula is C17H17ClF2N2O. The molecule has 0 aliphatic heterocycles. The topological polar surface area (TPSA) is 41.1 Å². The van der Waals surface area contributed by atoms with Crippen molar-refractivity contribution >= 4 is 28.9 Å². The number of benzene rings is 2. The predicted molar refractivity (Wildman–Crippen MR) is 89.0 cm³/mol. The quantitative estimate of drug-likeness (QED) is 0.857. The number of nitrogens with one attached hydrogen (secondary N) is 2. The molecule has 2 aromatic carbocycles. The zero-order chi connectivity index (χ0) is 17.2. The summed E-state index contributed by atoms with van der Waals surface area (Å²) >= 11 is 5.81. The lowest BCUT2D eigenvalue weighted by molar-refractivity contribution is -0.120. The van der Waals surface area contributed by atoms with Gasteiger partial charge >= 0.3 is 0 Å². The van der Waals surface area contributed by atoms with Gasteiger partial charge in [-0.3, -0.25) is 4.79 Å². The van der Waals surface area contributed by atoms with Gasteiger partial charge in [0.2, 0.25) is 5.91 Å². The number of carbonyl (C=O) groups is 1. The molecule has 0 bridgehead atoms. The SMILES string of the molecule is CNc1ccc(C(C)(C)C(=O)Nc2cc(Cl)ccc2F)c(F)c1. The minimum Gasteiger partial charge on any atom is -0.388 e. The molecule has 0 saturated heterocycles. The number of hydrogen-bond acceptors (Lipinski definition) is 2. The van der Waals surface area contributed by atoms with E-state index in [2.05, 4.69) is 10.6 Å². The van der Waals surface area contributed by atoms with E-state index in [1.54, 1.807) is 27.0 Å². The Morgan fingerprint density at radius 3 is 2.39 bits per heavy atom. The van der Waals surface area contributed by atoms with Crippen LogP contribution in [0.5, 0.6) is 0 Å². The summed E-state index contributed by atoms with van der Waals surface area (Å²) < 4.78 is 28.0. The number of carbonyl (C=O) groups excluding carboxylic acids is 1. The van der Waals surface area contributed by atoms with E-state index < -0.39 is 23.0 Å². The van der Waals surface area contributed by atoms with Gasteiger partial charge in [-0.2, -0.15) is 0 Å². The largest absolute Gasteiger partial charge is 0.388 e. The van der Waals surface area contributed by atoms with Gasteiger partial charge in [-0.25, -0.2) is 8.78 Å². The molecule has 0 fully saturated rings. The molecular weight excluding hydrogens is 322 g/mol. The maximum Gasteiger partial charge on any atom is 0.234 e. The molecule has 0 spiro atoms. The van der Waals surface area contributed by atoms with E-state index in [1.165, 1.54) is 24.3 Å². The third-order valence-electron chi connectivity index (χ3n) is 3.68. The van der Waals surface area contributed by atoms with Crippen LogP contribution in [0.3, 0.4) is 0 Å². The second kappa shape index (κ2) is 6.54. The van der Waals surface area contributed by atoms with Gasteiger partial charge in [-0.15, -0.1) is 0 Å². The molecule has 23 heavy (non-hydrogen) atoms. The number of anilines is 2. The molecule has 0 atom stereocenters. The zero-order valence-corrected chi connectivity index (χ0v) is 13.8. The van der Waals surface area contributed by atoms with E-state index >= 15 is 0 Å². The van der Waals surface area contributed by atoms with Gasteiger partial charge in [0.1, 0.15) is 11.6 Å². The zero-order valence-electron chi connectivity index (χ0n) is 13.0. The molecule has 0 unspecified atom stereocenters. The molecule has 2 rings (SSSR count). The summed E-state index contributed by atoms with van der Waals surface area (Å²) in [4.78, 5) is 12.5. The molecule has 3 nitrogen and oxygen atoms in total. The lowest BCUT2D eigenvalue weighted by atomic mass is 9.83. The highest BCUT2D eigenvalue weighted by Gasteiger charge is 2.33. The Bertz CT molecular complexity index is 747. The van der Waals surface area contributed by atoms with Crippen LogP contribution in [0.1, 0.15) is 19.4 Å². The number of halogens is 3. The van der Waals surface area contributed by atoms with E-state index in [4.69, 9.17) is 11.6 Å². The number of amides is 1. The highest BCUT2D eigenvalue weighted by atomic mass is 35.5. The summed E-state index contributed by atoms with van der Waals surface area (Å²) in [5.41, 5.74) is -0.409. The van der Waals surface area contributed by atoms with E-state index in [0.29, 0.717) is 10.7 Å². The van der Waals surface area contributed by atoms with E-state index in [0.717, 1.165) is 6.07 Å². The molecule has 0 saturated carbocycles. The third kappa shape index (κ3) is 3.62. The maximum absolute atomic E-state index is 14.3. The first-order valence-electron chi connectivity index (χ1n) is 7.00. The molecule has 0 radical (unpaired) electrons. The van der Waals surface area contributed by atoms with Crippen LogP contribution in [0.15, 0.2) is 36.4 Å². The standard InChI is InChI=1S/C17H17ClF2N2O/c1-17(2,12-6-5-11(21-3)9-14(12)20)16(23)22-15-8-10(18)4-7-13(15)19/h4-9,21H,1-3H3,(H,22,23). The van der Waals surface area contributed by atoms with Gasteiger partial charge in [0.05, 0.1) is 11.1 Å². The van der Waals surface area contributed by atoms with Crippen LogP contribution >= 0.6 is 11.6 Å². The predicted octanol–water partition coefficient (Wildman–Crippen LogP) is 4.58. The van der Waals surface area contributed by atoms with Crippen LogP contribution in [0, 0.1) is 11.6 Å². The van der Waals surface area contributed by atoms with E-state index in [9.17, 15) is 13.6 Å². The summed E-state index contributed by atoms with van der Waals surface area (Å²) in [6.45, 7) is 3.14. The monoisotopic (exact) mass is 338 g/mol. The Balaban J connectivity index is 2.31. The molecule has 0 aromatic heterocycles. The van der Waals surface area contributed by atoms with Gasteiger partial charge in [-0.1, -0.05) is 17.7 Å². The maximum atomic E-state index is 14.3. The highest BCUT2D eigenvalue weighted by molar-refractivity contribution is 6.30. The van der Waals surface area contributed by atoms with Crippen LogP contribution in [-0.4, -0.2) is 13.0 Å². The molecule has 0 aliphatic rings. The fraction of sp³-hybridized carbons (Fsp3) is 0.235. The Morgan fingerprint density at radius 2 is 1.78 bits per heavy atom. The summed E-state index contributed by atoms with van der Waals surface area (Å²) in [7, 11) is 1.67. The van der Waals surface area contributed by atoms with Crippen molar-refractivity contribution in [3.05, 3.63) is 58.6 Å². The summed E-state index contributed by atoms with van der Waals surface area (Å²) in [6, 6.07) is 8.37. The molecule has 2 N–H and O–H groups in total. The van der Waals surface area contributed by atoms with Gasteiger partial charge in [0.15, 0.2) is 0 Å². The first-order chi connectivity index (χ1) is 10.8. The lowest BCUT2D eigenvalue weighted by Gasteiger charge is -2.25. The van der Waals surface area contributed by atoms with Crippen molar-refractivity contribution in [1.82, 2.24) is 0 Å². The Kier molecular flexibility index (Phi) is 4.90. The van der Waals surface area contributed by atoms with Gasteiger partial charge in [-0.05, 0) is 44.2 Å². The fourth-order valence-corrected chi connectivity index (χ4v) is 2.34. The highest BCUT2D eigenvalue weighted by Crippen LogP contribution is 2.30. The van der Waals surface area contributed by atoms with Crippen molar-refractivity contribution in [3.8, 4) is 0 Å². The number of hydrogen-bond donors (Lipinski definition) is 2. The average molecular weight is 339 g/mol. The van der Waals surface area contributed by atoms with Crippen LogP contribution < -0.4 is 10.6 Å². The van der Waals surface area contributed by atoms with Gasteiger partial charge in [0.25, 0.3) is 0 Å². The number of rotatable bonds is 4. The second-order valence-corrected chi connectivity index (χ2v) is 6.08. The normalized spacial score (nSPS) is 11.2. The van der Waals surface area contributed by atoms with Crippen LogP contribution in [0.25, 0.3) is 0 Å². The molecule has 0 heterocycles. The molecule has 1 amide bonds. The molecule has 6 heteroatoms. The second-order valence-electron chi connectivity index (χ2n) is 5.65. The average Bonchev–Trinajstić information content (AvgIpc) is 2.50. The minimum absolute atomic E-state index is 0.0390. The fourth-order valence-electron chi connectivity index (χ4n) is 2.17. The summed E-state index contributed by atoms with van der Waals surface area (Å²) in [5, 5.41) is 5.58. The summed E-state index contributed by atoms with van der Waals surface area (Å²) in [6.07, 6.45) is 0. The van der Waals surface area contributed by atoms with Crippen molar-refractivity contribution in [2.75, 3.05) is 17.7 Å². The van der Waals surface area contributed by atoms with Crippen LogP contribution in [-0.2, 0) is 10.2 Å². The van der Waals surface area contributed by atoms with E-state index in [-0.39, 0.29) is 11.3 Å². The Labute approximate surface area is 138 Å². The van der Waals surface area contributed by atoms with Crippen molar-refractivity contribution < 1.29 is 13.6 Å². The van der Waals surface area contributed by atoms with Gasteiger partial charge < -0.3 is 10.6 Å². The van der Waals surface area contributed by atoms with Crippen molar-refractivity contribution in [2.45, 2.75) is 19.3 Å². The molecule has 122 valence electrons. The Morgan fingerprint density at radius 1 is 1.09 bits per heavy atom. The first kappa shape index (κ1) is 17.2. The lowest BCUT2D eigenvalue weighted by Crippen LogP contribution is -2.35. The van der Waals surface area contributed by atoms with Crippen molar-refractivity contribution in [2.24, 2.45) is 0 Å². The van der Waals surface area contributed by atoms with Crippen molar-refractivity contribution in [1.29, 1.82) is 0 Å². The van der Waals surface area contributed by atoms with Crippen molar-refractivity contribution in [3.63, 3.8) is 0 Å². The van der Waals surface area contributed by atoms with Gasteiger partial charge in [0, 0.05) is 23.3 Å². The van der Waals surface area contributed by atoms with Crippen LogP contribution in [0.2, 0.25) is 5.02 Å². The summed E-state index contributed by atoms with van der Waals surface area (Å²) in [5.74, 6) is -1.65. The smallest absolute Gasteiger partial charge is 0.234 e. The minimum atomic E-state index is -1.19. The third-order valence-corrected chi connectivity index (χ3v) is 3.91. The van der Waals surface area contributed by atoms with E-state index in [1.807, 2.05) is 0 Å². The van der Waals surface area contributed by atoms with Crippen LogP contribution in [0.4, 0.5) is 20.2 Å². The Hall–Kier alpha value is -2.14. The molecule has 0 aliphatic carbocycles. The first-order valence-corrected chi connectivity index (χ1v) is 7.38.